The van der Waals surface area contributed by atoms with Gasteiger partial charge in [0.2, 0.25) is 0 Å². The predicted molar refractivity (Wildman–Crippen MR) is 83.3 cm³/mol. The molecule has 0 amide bonds. The van der Waals surface area contributed by atoms with Crippen LogP contribution in [0.1, 0.15) is 17.3 Å². The number of Topliss-reactive ketones (excluding diaryl/α,β-unsaturated/α-hetero) is 1. The van der Waals surface area contributed by atoms with Crippen molar-refractivity contribution < 1.29 is 9.90 Å². The molecule has 1 heterocycles. The molecule has 0 unspecified atom stereocenters. The van der Waals surface area contributed by atoms with E-state index in [0.29, 0.717) is 29.9 Å². The molecule has 0 aromatic heterocycles. The summed E-state index contributed by atoms with van der Waals surface area (Å²) < 4.78 is 0. The Balaban J connectivity index is 1.69. The molecule has 3 heteroatoms. The van der Waals surface area contributed by atoms with Gasteiger partial charge in [-0.05, 0) is 29.9 Å². The minimum absolute atomic E-state index is 0.00548. The molecule has 21 heavy (non-hydrogen) atoms. The number of phenols is 1. The van der Waals surface area contributed by atoms with Crippen molar-refractivity contribution in [1.82, 2.24) is 4.90 Å². The molecule has 3 nitrogen and oxygen atoms in total. The Morgan fingerprint density at radius 3 is 2.81 bits per heavy atom. The molecular formula is C18H21NO2. The fourth-order valence-corrected chi connectivity index (χ4v) is 3.49. The number of fused-ring (bicyclic) bond motifs is 1. The lowest BCUT2D eigenvalue weighted by Gasteiger charge is -2.41. The predicted octanol–water partition coefficient (Wildman–Crippen LogP) is 2.89. The maximum Gasteiger partial charge on any atom is 0.180 e. The van der Waals surface area contributed by atoms with Gasteiger partial charge in [0.15, 0.2) is 5.78 Å². The van der Waals surface area contributed by atoms with Gasteiger partial charge in [0, 0.05) is 13.1 Å². The smallest absolute Gasteiger partial charge is 0.180 e. The van der Waals surface area contributed by atoms with Crippen LogP contribution in [0.4, 0.5) is 0 Å². The standard InChI is InChI=1S/C18H21NO2/c1-13-10-19(11-14-6-2-3-7-15(13)14)12-18(21)16-8-4-5-9-17(16)20/h2-9,13-15,20H,10-12H2,1H3/t13-,14+,15+/m1/s1. The normalized spacial score (nSPS) is 28.3. The first kappa shape index (κ1) is 14.1. The maximum absolute atomic E-state index is 12.4. The molecule has 0 bridgehead atoms. The number of benzene rings is 1. The molecule has 1 N–H and O–H groups in total. The van der Waals surface area contributed by atoms with Gasteiger partial charge in [-0.2, -0.15) is 0 Å². The summed E-state index contributed by atoms with van der Waals surface area (Å²) in [5.74, 6) is 1.70. The van der Waals surface area contributed by atoms with E-state index in [1.165, 1.54) is 0 Å². The average Bonchev–Trinajstić information content (AvgIpc) is 2.47. The van der Waals surface area contributed by atoms with E-state index in [1.54, 1.807) is 24.3 Å². The van der Waals surface area contributed by atoms with E-state index in [-0.39, 0.29) is 11.5 Å². The van der Waals surface area contributed by atoms with Gasteiger partial charge in [0.25, 0.3) is 0 Å². The Kier molecular flexibility index (Phi) is 3.93. The molecule has 1 aromatic carbocycles. The molecular weight excluding hydrogens is 262 g/mol. The third-order valence-electron chi connectivity index (χ3n) is 4.54. The van der Waals surface area contributed by atoms with Crippen LogP contribution in [0.25, 0.3) is 0 Å². The highest BCUT2D eigenvalue weighted by molar-refractivity contribution is 5.99. The number of hydrogen-bond acceptors (Lipinski definition) is 3. The zero-order chi connectivity index (χ0) is 14.8. The highest BCUT2D eigenvalue weighted by atomic mass is 16.3. The number of likely N-dealkylation sites (tertiary alicyclic amines) is 1. The van der Waals surface area contributed by atoms with Crippen molar-refractivity contribution in [3.63, 3.8) is 0 Å². The Hall–Kier alpha value is -1.87. The number of allylic oxidation sites excluding steroid dienone is 3. The third kappa shape index (κ3) is 2.93. The first-order valence-corrected chi connectivity index (χ1v) is 7.53. The zero-order valence-electron chi connectivity index (χ0n) is 12.3. The minimum Gasteiger partial charge on any atom is -0.507 e. The monoisotopic (exact) mass is 283 g/mol. The molecule has 3 rings (SSSR count). The van der Waals surface area contributed by atoms with Crippen molar-refractivity contribution in [2.24, 2.45) is 17.8 Å². The number of phenolic OH excluding ortho intramolecular Hbond substituents is 1. The Morgan fingerprint density at radius 2 is 2.00 bits per heavy atom. The lowest BCUT2D eigenvalue weighted by atomic mass is 9.76. The maximum atomic E-state index is 12.4. The highest BCUT2D eigenvalue weighted by Crippen LogP contribution is 2.32. The number of para-hydroxylation sites is 1. The number of carbonyl (C=O) groups is 1. The van der Waals surface area contributed by atoms with Crippen LogP contribution < -0.4 is 0 Å². The van der Waals surface area contributed by atoms with E-state index in [4.69, 9.17) is 0 Å². The SMILES string of the molecule is C[C@@H]1CN(CC(=O)c2ccccc2O)C[C@@H]2C=CC=C[C@@H]12. The van der Waals surface area contributed by atoms with E-state index in [9.17, 15) is 9.90 Å². The number of carbonyl (C=O) groups excluding carboxylic acids is 1. The molecule has 0 spiro atoms. The van der Waals surface area contributed by atoms with Crippen LogP contribution >= 0.6 is 0 Å². The lowest BCUT2D eigenvalue weighted by molar-refractivity contribution is 0.0798. The lowest BCUT2D eigenvalue weighted by Crippen LogP contribution is -2.46. The summed E-state index contributed by atoms with van der Waals surface area (Å²) in [6.07, 6.45) is 8.76. The molecule has 1 saturated heterocycles. The van der Waals surface area contributed by atoms with E-state index in [1.807, 2.05) is 0 Å². The van der Waals surface area contributed by atoms with Crippen molar-refractivity contribution in [3.05, 3.63) is 54.1 Å². The second kappa shape index (κ2) is 5.86. The molecule has 110 valence electrons. The molecule has 3 atom stereocenters. The van der Waals surface area contributed by atoms with Gasteiger partial charge in [0.1, 0.15) is 5.75 Å². The third-order valence-corrected chi connectivity index (χ3v) is 4.54. The summed E-state index contributed by atoms with van der Waals surface area (Å²) in [4.78, 5) is 14.6. The number of nitrogens with zero attached hydrogens (tertiary/aromatic N) is 1. The molecule has 1 aromatic rings. The number of rotatable bonds is 3. The van der Waals surface area contributed by atoms with Crippen LogP contribution in [0.2, 0.25) is 0 Å². The number of piperidine rings is 1. The van der Waals surface area contributed by atoms with Crippen molar-refractivity contribution >= 4 is 5.78 Å². The fraction of sp³-hybridized carbons (Fsp3) is 0.389. The Labute approximate surface area is 125 Å². The van der Waals surface area contributed by atoms with Crippen LogP contribution in [0.15, 0.2) is 48.6 Å². The molecule has 1 aliphatic carbocycles. The molecule has 0 radical (unpaired) electrons. The molecule has 0 saturated carbocycles. The molecule has 2 aliphatic rings. The van der Waals surface area contributed by atoms with Crippen molar-refractivity contribution in [1.29, 1.82) is 0 Å². The summed E-state index contributed by atoms with van der Waals surface area (Å²) in [6.45, 7) is 4.47. The van der Waals surface area contributed by atoms with Crippen LogP contribution in [-0.4, -0.2) is 35.4 Å². The van der Waals surface area contributed by atoms with Crippen molar-refractivity contribution in [3.8, 4) is 5.75 Å². The summed E-state index contributed by atoms with van der Waals surface area (Å²) in [6, 6.07) is 6.78. The zero-order valence-corrected chi connectivity index (χ0v) is 12.3. The van der Waals surface area contributed by atoms with Gasteiger partial charge in [0.05, 0.1) is 12.1 Å². The van der Waals surface area contributed by atoms with Gasteiger partial charge >= 0.3 is 0 Å². The summed E-state index contributed by atoms with van der Waals surface area (Å²) in [5, 5.41) is 9.79. The minimum atomic E-state index is -0.00548. The first-order valence-electron chi connectivity index (χ1n) is 7.53. The topological polar surface area (TPSA) is 40.5 Å². The average molecular weight is 283 g/mol. The van der Waals surface area contributed by atoms with Crippen molar-refractivity contribution in [2.75, 3.05) is 19.6 Å². The summed E-state index contributed by atoms with van der Waals surface area (Å²) >= 11 is 0. The highest BCUT2D eigenvalue weighted by Gasteiger charge is 2.33. The second-order valence-electron chi connectivity index (χ2n) is 6.12. The van der Waals surface area contributed by atoms with Crippen LogP contribution in [0.3, 0.4) is 0 Å². The first-order chi connectivity index (χ1) is 10.1. The quantitative estimate of drug-likeness (QED) is 0.867. The van der Waals surface area contributed by atoms with Crippen LogP contribution in [-0.2, 0) is 0 Å². The van der Waals surface area contributed by atoms with E-state index >= 15 is 0 Å². The van der Waals surface area contributed by atoms with Gasteiger partial charge < -0.3 is 5.11 Å². The van der Waals surface area contributed by atoms with E-state index in [2.05, 4.69) is 36.1 Å². The fourth-order valence-electron chi connectivity index (χ4n) is 3.49. The number of aromatic hydroxyl groups is 1. The van der Waals surface area contributed by atoms with Gasteiger partial charge in [-0.15, -0.1) is 0 Å². The van der Waals surface area contributed by atoms with Gasteiger partial charge in [-0.3, -0.25) is 9.69 Å². The van der Waals surface area contributed by atoms with E-state index in [0.717, 1.165) is 13.1 Å². The Morgan fingerprint density at radius 1 is 1.24 bits per heavy atom. The van der Waals surface area contributed by atoms with Gasteiger partial charge in [-0.1, -0.05) is 43.4 Å². The summed E-state index contributed by atoms with van der Waals surface area (Å²) in [7, 11) is 0. The Bertz CT molecular complexity index is 591. The van der Waals surface area contributed by atoms with E-state index < -0.39 is 0 Å². The van der Waals surface area contributed by atoms with Crippen LogP contribution in [0.5, 0.6) is 5.75 Å². The molecule has 1 aliphatic heterocycles. The largest absolute Gasteiger partial charge is 0.507 e. The number of ketones is 1. The second-order valence-corrected chi connectivity index (χ2v) is 6.12. The molecule has 1 fully saturated rings. The van der Waals surface area contributed by atoms with Gasteiger partial charge in [-0.25, -0.2) is 0 Å². The number of hydrogen-bond donors (Lipinski definition) is 1. The van der Waals surface area contributed by atoms with Crippen molar-refractivity contribution in [2.45, 2.75) is 6.92 Å². The van der Waals surface area contributed by atoms with Crippen LogP contribution in [0, 0.1) is 17.8 Å². The summed E-state index contributed by atoms with van der Waals surface area (Å²) in [5.41, 5.74) is 0.423.